The first-order chi connectivity index (χ1) is 44.2. The molecule has 0 radical (unpaired) electrons. The molecule has 7 fully saturated rings. The Morgan fingerprint density at radius 2 is 1.08 bits per heavy atom. The standard InChI is InChI=1S/C77H105NO13Si2/c1-48-40-56-36-38-63-49(2)41-55(83-63)35-34-52(79)44-68-70(90-92(76(8,9)10,58-26-18-14-19-27-58)59-28-20-15-21-29-59)71-72(88-68)73(91-93(77(11,12)13,60-30-22-16-23-31-60)61-32-24-17-25-33-61)69-64(87-71)39-37-57(85-69)42-53(80)43-62-51(4)65(86-67(62)46-66(84-56)50(48)3)45-54(81)47-78-74(82)89-75(5,6)7/h14-33,48,51,54-57,62-73,81H,2-3,34-47H2,1,4-13H3,(H,78,82)/t48-,51-,54+,55?,56+,57-,62?,63?,64+,65-,66?,67+,68-,69+,70+,71+,72-,73+/m1/s1. The van der Waals surface area contributed by atoms with Gasteiger partial charge in [-0.3, -0.25) is 9.59 Å². The maximum atomic E-state index is 15.3. The van der Waals surface area contributed by atoms with Crippen molar-refractivity contribution in [1.29, 1.82) is 0 Å². The number of benzene rings is 4. The third kappa shape index (κ3) is 15.1. The van der Waals surface area contributed by atoms with E-state index in [0.717, 1.165) is 51.2 Å². The number of hydrogen-bond donors (Lipinski definition) is 2. The van der Waals surface area contributed by atoms with Gasteiger partial charge < -0.3 is 52.4 Å². The minimum Gasteiger partial charge on any atom is -0.444 e. The summed E-state index contributed by atoms with van der Waals surface area (Å²) in [5.41, 5.74) is 1.35. The fourth-order valence-electron chi connectivity index (χ4n) is 16.7. The van der Waals surface area contributed by atoms with Gasteiger partial charge >= 0.3 is 6.09 Å². The quantitative estimate of drug-likeness (QED) is 0.102. The molecule has 0 aromatic heterocycles. The van der Waals surface area contributed by atoms with Crippen molar-refractivity contribution in [3.63, 3.8) is 0 Å². The third-order valence-electron chi connectivity index (χ3n) is 21.4. The zero-order valence-corrected chi connectivity index (χ0v) is 59.1. The van der Waals surface area contributed by atoms with Crippen molar-refractivity contribution in [2.24, 2.45) is 17.8 Å². The van der Waals surface area contributed by atoms with Gasteiger partial charge in [0.05, 0.1) is 61.0 Å². The third-order valence-corrected chi connectivity index (χ3v) is 31.4. The number of Topliss-reactive ketones (excluding diaryl/α,β-unsaturated/α-hetero) is 2. The molecule has 7 saturated heterocycles. The highest BCUT2D eigenvalue weighted by molar-refractivity contribution is 7.00. The van der Waals surface area contributed by atoms with Crippen LogP contribution in [0.1, 0.15) is 160 Å². The first-order valence-corrected chi connectivity index (χ1v) is 38.6. The molecule has 1 amide bonds. The van der Waals surface area contributed by atoms with Crippen LogP contribution in [0.2, 0.25) is 10.1 Å². The zero-order chi connectivity index (χ0) is 66.2. The first kappa shape index (κ1) is 69.4. The Bertz CT molecular complexity index is 3120. The Kier molecular flexibility index (Phi) is 21.4. The second-order valence-electron chi connectivity index (χ2n) is 31.2. The summed E-state index contributed by atoms with van der Waals surface area (Å²) in [5.74, 6) is -0.0549. The van der Waals surface area contributed by atoms with Crippen molar-refractivity contribution in [1.82, 2.24) is 5.32 Å². The smallest absolute Gasteiger partial charge is 0.407 e. The zero-order valence-electron chi connectivity index (χ0n) is 57.1. The molecule has 4 aromatic carbocycles. The fraction of sp³-hybridized carbons (Fsp3) is 0.597. The highest BCUT2D eigenvalue weighted by Gasteiger charge is 2.65. The van der Waals surface area contributed by atoms with Gasteiger partial charge in [0.25, 0.3) is 16.6 Å². The average Bonchev–Trinajstić information content (AvgIpc) is 1.71. The molecule has 0 aliphatic carbocycles. The van der Waals surface area contributed by atoms with Crippen molar-refractivity contribution < 1.29 is 61.5 Å². The number of carbonyl (C=O) groups excluding carboxylic acids is 3. The lowest BCUT2D eigenvalue weighted by Crippen LogP contribution is -2.73. The fourth-order valence-corrected chi connectivity index (χ4v) is 26.1. The van der Waals surface area contributed by atoms with Gasteiger partial charge in [-0.15, -0.1) is 0 Å². The molecule has 4 unspecified atom stereocenters. The van der Waals surface area contributed by atoms with E-state index in [-0.39, 0.29) is 98.5 Å². The van der Waals surface area contributed by atoms with Crippen LogP contribution in [0.25, 0.3) is 0 Å². The molecule has 504 valence electrons. The maximum Gasteiger partial charge on any atom is 0.407 e. The SMILES string of the molecule is C=C1CC2CCC(=O)C[C@H]3O[C@H]4[C@@H](O[Si](c5ccccc5)(c5ccccc5)C(C)(C)C)[C@H]5O[C@H](CC[C@@H]5O[C@H]4[C@H]3O[Si](c3ccccc3)(c3ccccc3)C(C)(C)C)CC(=O)CC3[C@H](CC4O[C@@H](CCC1O2)C[C@@H](C)C4=C)O[C@H](C[C@H](O)CNC(=O)OC(C)(C)C)[C@@H]3C. The number of nitrogens with one attached hydrogen (secondary N) is 1. The van der Waals surface area contributed by atoms with E-state index >= 15 is 9.59 Å². The number of alkyl carbamates (subject to hydrolysis) is 1. The molecule has 11 rings (SSSR count). The molecule has 93 heavy (non-hydrogen) atoms. The van der Waals surface area contributed by atoms with Crippen LogP contribution in [0, 0.1) is 17.8 Å². The van der Waals surface area contributed by atoms with Crippen LogP contribution >= 0.6 is 0 Å². The Hall–Kier alpha value is -4.96. The average molecular weight is 1310 g/mol. The van der Waals surface area contributed by atoms with Gasteiger partial charge in [0, 0.05) is 45.1 Å². The van der Waals surface area contributed by atoms with Crippen LogP contribution in [0.15, 0.2) is 146 Å². The molecule has 4 aromatic rings. The van der Waals surface area contributed by atoms with Crippen LogP contribution in [-0.4, -0.2) is 143 Å². The van der Waals surface area contributed by atoms with Crippen LogP contribution in [0.3, 0.4) is 0 Å². The summed E-state index contributed by atoms with van der Waals surface area (Å²) in [6.07, 6.45) is -2.15. The summed E-state index contributed by atoms with van der Waals surface area (Å²) in [6.45, 7) is 32.5. The summed E-state index contributed by atoms with van der Waals surface area (Å²) in [7, 11) is -6.76. The summed E-state index contributed by atoms with van der Waals surface area (Å²) in [4.78, 5) is 43.1. The van der Waals surface area contributed by atoms with E-state index in [1.165, 1.54) is 0 Å². The molecule has 8 bridgehead atoms. The molecule has 7 aliphatic rings. The number of ether oxygens (including phenoxy) is 7. The lowest BCUT2D eigenvalue weighted by Gasteiger charge is -2.53. The number of fused-ring (bicyclic) bond motifs is 7. The van der Waals surface area contributed by atoms with Gasteiger partial charge in [-0.25, -0.2) is 4.79 Å². The van der Waals surface area contributed by atoms with Crippen LogP contribution in [-0.2, 0) is 51.6 Å². The molecule has 7 heterocycles. The van der Waals surface area contributed by atoms with Gasteiger partial charge in [-0.1, -0.05) is 190 Å². The number of hydrogen-bond acceptors (Lipinski definition) is 13. The van der Waals surface area contributed by atoms with Crippen molar-refractivity contribution in [2.75, 3.05) is 6.54 Å². The topological polar surface area (TPSA) is 167 Å². The molecule has 0 spiro atoms. The van der Waals surface area contributed by atoms with Gasteiger partial charge in [-0.05, 0) is 125 Å². The minimum atomic E-state index is -3.41. The summed E-state index contributed by atoms with van der Waals surface area (Å²) < 4.78 is 65.8. The van der Waals surface area contributed by atoms with E-state index in [1.807, 2.05) is 12.1 Å². The van der Waals surface area contributed by atoms with E-state index in [1.54, 1.807) is 20.8 Å². The first-order valence-electron chi connectivity index (χ1n) is 34.8. The number of rotatable bonds is 12. The van der Waals surface area contributed by atoms with E-state index in [9.17, 15) is 9.90 Å². The van der Waals surface area contributed by atoms with Crippen LogP contribution in [0.5, 0.6) is 0 Å². The number of amides is 1. The Morgan fingerprint density at radius 1 is 0.559 bits per heavy atom. The van der Waals surface area contributed by atoms with Gasteiger partial charge in [0.15, 0.2) is 0 Å². The molecule has 0 saturated carbocycles. The van der Waals surface area contributed by atoms with Crippen LogP contribution < -0.4 is 26.1 Å². The number of carbonyl (C=O) groups is 3. The second kappa shape index (κ2) is 28.6. The number of aliphatic hydroxyl groups is 1. The monoisotopic (exact) mass is 1310 g/mol. The largest absolute Gasteiger partial charge is 0.444 e. The van der Waals surface area contributed by atoms with E-state index in [0.29, 0.717) is 32.1 Å². The highest BCUT2D eigenvalue weighted by Crippen LogP contribution is 2.50. The minimum absolute atomic E-state index is 0.0130. The van der Waals surface area contributed by atoms with E-state index < -0.39 is 99.4 Å². The highest BCUT2D eigenvalue weighted by atomic mass is 28.4. The van der Waals surface area contributed by atoms with Gasteiger partial charge in [0.1, 0.15) is 47.7 Å². The molecular formula is C77H105NO13Si2. The van der Waals surface area contributed by atoms with E-state index in [2.05, 4.69) is 183 Å². The predicted octanol–water partition coefficient (Wildman–Crippen LogP) is 11.6. The molecule has 7 aliphatic heterocycles. The lowest BCUT2D eigenvalue weighted by molar-refractivity contribution is -0.254. The predicted molar refractivity (Wildman–Crippen MR) is 367 cm³/mol. The van der Waals surface area contributed by atoms with Crippen LogP contribution in [0.4, 0.5) is 4.79 Å². The van der Waals surface area contributed by atoms with E-state index in [4.69, 9.17) is 42.0 Å². The van der Waals surface area contributed by atoms with Crippen molar-refractivity contribution in [3.05, 3.63) is 146 Å². The molecular weight excluding hydrogens is 1200 g/mol. The summed E-state index contributed by atoms with van der Waals surface area (Å²) in [6, 6.07) is 42.5. The van der Waals surface area contributed by atoms with Gasteiger partial charge in [0.2, 0.25) is 0 Å². The molecule has 16 heteroatoms. The Morgan fingerprint density at radius 3 is 1.63 bits per heavy atom. The normalized spacial score (nSPS) is 33.0. The Labute approximate surface area is 555 Å². The number of aliphatic hydroxyl groups excluding tert-OH is 1. The number of ketones is 2. The van der Waals surface area contributed by atoms with Crippen molar-refractivity contribution >= 4 is 55.0 Å². The van der Waals surface area contributed by atoms with Crippen molar-refractivity contribution in [3.8, 4) is 0 Å². The summed E-state index contributed by atoms with van der Waals surface area (Å²) in [5, 5.41) is 17.8. The maximum absolute atomic E-state index is 15.3. The molecule has 18 atom stereocenters. The van der Waals surface area contributed by atoms with Crippen molar-refractivity contribution in [2.45, 2.75) is 267 Å². The lowest BCUT2D eigenvalue weighted by atomic mass is 9.78. The Balaban J connectivity index is 0.986. The summed E-state index contributed by atoms with van der Waals surface area (Å²) >= 11 is 0. The molecule has 14 nitrogen and oxygen atoms in total. The second-order valence-corrected chi connectivity index (χ2v) is 39.7. The van der Waals surface area contributed by atoms with Gasteiger partial charge in [-0.2, -0.15) is 0 Å². The molecule has 2 N–H and O–H groups in total.